The third-order valence-electron chi connectivity index (χ3n) is 4.41. The molecule has 3 nitrogen and oxygen atoms in total. The molecule has 1 aliphatic rings. The third kappa shape index (κ3) is 6.57. The van der Waals surface area contributed by atoms with Crippen molar-refractivity contribution >= 4 is 9.84 Å². The van der Waals surface area contributed by atoms with Gasteiger partial charge in [-0.25, -0.2) is 8.42 Å². The van der Waals surface area contributed by atoms with Crippen LogP contribution in [0.25, 0.3) is 0 Å². The Morgan fingerprint density at radius 1 is 1.05 bits per heavy atom. The maximum absolute atomic E-state index is 11.9. The molecule has 4 heteroatoms. The van der Waals surface area contributed by atoms with Crippen LogP contribution < -0.4 is 5.32 Å². The van der Waals surface area contributed by atoms with E-state index in [1.165, 1.54) is 51.4 Å². The summed E-state index contributed by atoms with van der Waals surface area (Å²) in [5.74, 6) is 0.398. The fourth-order valence-corrected chi connectivity index (χ4v) is 4.79. The van der Waals surface area contributed by atoms with E-state index in [2.05, 4.69) is 19.2 Å². The molecule has 1 saturated heterocycles. The molecule has 1 unspecified atom stereocenters. The number of sulfone groups is 1. The average molecular weight is 304 g/mol. The number of nitrogens with one attached hydrogen (secondary N) is 1. The molecule has 0 aliphatic carbocycles. The van der Waals surface area contributed by atoms with Gasteiger partial charge in [0.15, 0.2) is 9.84 Å². The molecule has 0 saturated carbocycles. The second kappa shape index (κ2) is 9.78. The predicted octanol–water partition coefficient (Wildman–Crippen LogP) is 3.68. The van der Waals surface area contributed by atoms with Gasteiger partial charge in [-0.05, 0) is 25.7 Å². The second-order valence-electron chi connectivity index (χ2n) is 6.23. The van der Waals surface area contributed by atoms with Crippen molar-refractivity contribution in [3.05, 3.63) is 0 Å². The first-order valence-corrected chi connectivity index (χ1v) is 10.3. The van der Waals surface area contributed by atoms with Crippen LogP contribution in [-0.4, -0.2) is 32.0 Å². The lowest BCUT2D eigenvalue weighted by atomic mass is 10.0. The standard InChI is InChI=1S/C16H33NO2S/c1-3-5-7-10-15(11-8-6-4-2)17-14-16-12-9-13-20(16,18)19/h15-17H,3-14H2,1-2H3. The van der Waals surface area contributed by atoms with Crippen LogP contribution >= 0.6 is 0 Å². The van der Waals surface area contributed by atoms with Crippen molar-refractivity contribution in [2.45, 2.75) is 89.3 Å². The second-order valence-corrected chi connectivity index (χ2v) is 8.63. The lowest BCUT2D eigenvalue weighted by molar-refractivity contribution is 0.415. The van der Waals surface area contributed by atoms with E-state index in [1.807, 2.05) is 0 Å². The topological polar surface area (TPSA) is 46.2 Å². The van der Waals surface area contributed by atoms with Gasteiger partial charge in [0, 0.05) is 12.6 Å². The summed E-state index contributed by atoms with van der Waals surface area (Å²) in [5.41, 5.74) is 0. The van der Waals surface area contributed by atoms with Crippen LogP contribution in [0.3, 0.4) is 0 Å². The Morgan fingerprint density at radius 2 is 1.65 bits per heavy atom. The van der Waals surface area contributed by atoms with E-state index in [4.69, 9.17) is 0 Å². The lowest BCUT2D eigenvalue weighted by Crippen LogP contribution is -2.37. The summed E-state index contributed by atoms with van der Waals surface area (Å²) in [5, 5.41) is 3.43. The fourth-order valence-electron chi connectivity index (χ4n) is 3.02. The van der Waals surface area contributed by atoms with Crippen molar-refractivity contribution in [2.24, 2.45) is 0 Å². The SMILES string of the molecule is CCCCCC(CCCCC)NCC1CCCS1(=O)=O. The molecule has 1 atom stereocenters. The first kappa shape index (κ1) is 18.0. The molecule has 120 valence electrons. The maximum atomic E-state index is 11.9. The lowest BCUT2D eigenvalue weighted by Gasteiger charge is -2.21. The highest BCUT2D eigenvalue weighted by Gasteiger charge is 2.31. The minimum atomic E-state index is -2.80. The highest BCUT2D eigenvalue weighted by atomic mass is 32.2. The molecule has 0 radical (unpaired) electrons. The zero-order valence-corrected chi connectivity index (χ0v) is 14.2. The zero-order valence-electron chi connectivity index (χ0n) is 13.4. The van der Waals surface area contributed by atoms with Gasteiger partial charge in [-0.15, -0.1) is 0 Å². The summed E-state index contributed by atoms with van der Waals surface area (Å²) in [7, 11) is -2.80. The van der Waals surface area contributed by atoms with E-state index in [-0.39, 0.29) is 5.25 Å². The minimum Gasteiger partial charge on any atom is -0.313 e. The first-order valence-electron chi connectivity index (χ1n) is 8.55. The van der Waals surface area contributed by atoms with Crippen LogP contribution in [0.5, 0.6) is 0 Å². The third-order valence-corrected chi connectivity index (χ3v) is 6.69. The Labute approximate surface area is 125 Å². The van der Waals surface area contributed by atoms with Gasteiger partial charge in [0.25, 0.3) is 0 Å². The van der Waals surface area contributed by atoms with Crippen molar-refractivity contribution in [1.29, 1.82) is 0 Å². The predicted molar refractivity (Wildman–Crippen MR) is 86.9 cm³/mol. The molecule has 1 N–H and O–H groups in total. The Kier molecular flexibility index (Phi) is 8.78. The van der Waals surface area contributed by atoms with Gasteiger partial charge in [-0.3, -0.25) is 0 Å². The van der Waals surface area contributed by atoms with Crippen LogP contribution in [0.1, 0.15) is 78.1 Å². The number of hydrogen-bond donors (Lipinski definition) is 1. The van der Waals surface area contributed by atoms with Gasteiger partial charge < -0.3 is 5.32 Å². The van der Waals surface area contributed by atoms with Crippen LogP contribution in [0, 0.1) is 0 Å². The van der Waals surface area contributed by atoms with E-state index in [0.717, 1.165) is 12.8 Å². The Hall–Kier alpha value is -0.0900. The molecule has 1 rings (SSSR count). The largest absolute Gasteiger partial charge is 0.313 e. The molecule has 0 aromatic carbocycles. The van der Waals surface area contributed by atoms with E-state index in [9.17, 15) is 8.42 Å². The summed E-state index contributed by atoms with van der Waals surface area (Å²) < 4.78 is 23.7. The molecule has 0 spiro atoms. The van der Waals surface area contributed by atoms with E-state index in [1.54, 1.807) is 0 Å². The molecule has 1 aliphatic heterocycles. The smallest absolute Gasteiger partial charge is 0.154 e. The van der Waals surface area contributed by atoms with Gasteiger partial charge in [-0.1, -0.05) is 52.4 Å². The van der Waals surface area contributed by atoms with Gasteiger partial charge in [0.2, 0.25) is 0 Å². The van der Waals surface area contributed by atoms with Crippen LogP contribution in [0.2, 0.25) is 0 Å². The van der Waals surface area contributed by atoms with Crippen molar-refractivity contribution in [2.75, 3.05) is 12.3 Å². The summed E-state index contributed by atoms with van der Waals surface area (Å²) in [4.78, 5) is 0. The van der Waals surface area contributed by atoms with E-state index >= 15 is 0 Å². The van der Waals surface area contributed by atoms with Gasteiger partial charge in [-0.2, -0.15) is 0 Å². The van der Waals surface area contributed by atoms with Crippen LogP contribution in [0.15, 0.2) is 0 Å². The molecule has 20 heavy (non-hydrogen) atoms. The molecule has 0 aromatic heterocycles. The van der Waals surface area contributed by atoms with Gasteiger partial charge in [0.05, 0.1) is 11.0 Å². The number of rotatable bonds is 11. The zero-order chi connectivity index (χ0) is 14.8. The first-order chi connectivity index (χ1) is 9.60. The molecule has 1 heterocycles. The fraction of sp³-hybridized carbons (Fsp3) is 1.00. The summed E-state index contributed by atoms with van der Waals surface area (Å²) >= 11 is 0. The highest BCUT2D eigenvalue weighted by Crippen LogP contribution is 2.20. The van der Waals surface area contributed by atoms with Crippen molar-refractivity contribution in [3.8, 4) is 0 Å². The van der Waals surface area contributed by atoms with Crippen LogP contribution in [-0.2, 0) is 9.84 Å². The summed E-state index contributed by atoms with van der Waals surface area (Å²) in [6.45, 7) is 5.13. The highest BCUT2D eigenvalue weighted by molar-refractivity contribution is 7.92. The molecule has 0 bridgehead atoms. The molecular weight excluding hydrogens is 270 g/mol. The Morgan fingerprint density at radius 3 is 2.10 bits per heavy atom. The Bertz CT molecular complexity index is 330. The van der Waals surface area contributed by atoms with Gasteiger partial charge >= 0.3 is 0 Å². The normalized spacial score (nSPS) is 21.6. The molecule has 0 aromatic rings. The van der Waals surface area contributed by atoms with Crippen LogP contribution in [0.4, 0.5) is 0 Å². The molecule has 0 amide bonds. The number of hydrogen-bond acceptors (Lipinski definition) is 3. The van der Waals surface area contributed by atoms with Crippen molar-refractivity contribution in [1.82, 2.24) is 5.32 Å². The Balaban J connectivity index is 2.34. The van der Waals surface area contributed by atoms with Gasteiger partial charge in [0.1, 0.15) is 0 Å². The summed E-state index contributed by atoms with van der Waals surface area (Å²) in [6, 6.07) is 0.517. The molecular formula is C16H33NO2S. The van der Waals surface area contributed by atoms with Crippen molar-refractivity contribution < 1.29 is 8.42 Å². The average Bonchev–Trinajstić information content (AvgIpc) is 2.75. The van der Waals surface area contributed by atoms with E-state index in [0.29, 0.717) is 18.3 Å². The summed E-state index contributed by atoms with van der Waals surface area (Å²) in [6.07, 6.45) is 11.7. The van der Waals surface area contributed by atoms with Crippen molar-refractivity contribution in [3.63, 3.8) is 0 Å². The molecule has 1 fully saturated rings. The van der Waals surface area contributed by atoms with E-state index < -0.39 is 9.84 Å². The number of unbranched alkanes of at least 4 members (excludes halogenated alkanes) is 4. The quantitative estimate of drug-likeness (QED) is 0.592. The monoisotopic (exact) mass is 303 g/mol. The maximum Gasteiger partial charge on any atom is 0.154 e. The minimum absolute atomic E-state index is 0.123.